The van der Waals surface area contributed by atoms with E-state index in [4.69, 9.17) is 16.3 Å². The lowest BCUT2D eigenvalue weighted by atomic mass is 9.88. The van der Waals surface area contributed by atoms with Gasteiger partial charge in [-0.15, -0.1) is 11.6 Å². The molecule has 1 saturated heterocycles. The number of ether oxygens (including phenoxy) is 1. The van der Waals surface area contributed by atoms with Crippen LogP contribution < -0.4 is 5.32 Å². The molecule has 0 atom stereocenters. The normalized spacial score (nSPS) is 26.1. The first kappa shape index (κ1) is 12.7. The van der Waals surface area contributed by atoms with Crippen molar-refractivity contribution < 1.29 is 4.74 Å². The topological polar surface area (TPSA) is 21.3 Å². The van der Waals surface area contributed by atoms with Gasteiger partial charge >= 0.3 is 0 Å². The summed E-state index contributed by atoms with van der Waals surface area (Å²) < 4.78 is 5.37. The van der Waals surface area contributed by atoms with Crippen LogP contribution in [0.4, 0.5) is 0 Å². The van der Waals surface area contributed by atoms with Gasteiger partial charge in [0.1, 0.15) is 0 Å². The predicted molar refractivity (Wildman–Crippen MR) is 68.0 cm³/mol. The van der Waals surface area contributed by atoms with Crippen LogP contribution in [0.1, 0.15) is 38.5 Å². The van der Waals surface area contributed by atoms with Crippen molar-refractivity contribution in [3.63, 3.8) is 0 Å². The second kappa shape index (κ2) is 6.23. The molecule has 16 heavy (non-hydrogen) atoms. The third-order valence-corrected chi connectivity index (χ3v) is 4.79. The molecule has 94 valence electrons. The number of hydrogen-bond donors (Lipinski definition) is 1. The Labute approximate surface area is 104 Å². The van der Waals surface area contributed by atoms with Gasteiger partial charge in [0.15, 0.2) is 0 Å². The van der Waals surface area contributed by atoms with Crippen molar-refractivity contribution in [2.45, 2.75) is 38.5 Å². The van der Waals surface area contributed by atoms with Crippen molar-refractivity contribution in [3.05, 3.63) is 0 Å². The SMILES string of the molecule is ClCC1(CNCC2CCOCC2)CCCC1. The van der Waals surface area contributed by atoms with Crippen molar-refractivity contribution in [1.29, 1.82) is 0 Å². The fourth-order valence-electron chi connectivity index (χ4n) is 2.97. The molecule has 2 aliphatic rings. The molecule has 1 aliphatic heterocycles. The van der Waals surface area contributed by atoms with E-state index in [0.29, 0.717) is 5.41 Å². The van der Waals surface area contributed by atoms with Crippen LogP contribution in [0.15, 0.2) is 0 Å². The number of halogens is 1. The Balaban J connectivity index is 1.66. The zero-order valence-corrected chi connectivity index (χ0v) is 10.9. The van der Waals surface area contributed by atoms with Crippen LogP contribution in [-0.4, -0.2) is 32.2 Å². The van der Waals surface area contributed by atoms with Gasteiger partial charge in [0, 0.05) is 25.6 Å². The summed E-state index contributed by atoms with van der Waals surface area (Å²) in [5.74, 6) is 1.65. The highest BCUT2D eigenvalue weighted by Crippen LogP contribution is 2.38. The highest BCUT2D eigenvalue weighted by Gasteiger charge is 2.32. The molecule has 1 saturated carbocycles. The third-order valence-electron chi connectivity index (χ3n) is 4.22. The third kappa shape index (κ3) is 3.35. The number of hydrogen-bond acceptors (Lipinski definition) is 2. The van der Waals surface area contributed by atoms with Crippen molar-refractivity contribution in [1.82, 2.24) is 5.32 Å². The largest absolute Gasteiger partial charge is 0.381 e. The van der Waals surface area contributed by atoms with Gasteiger partial charge in [-0.25, -0.2) is 0 Å². The maximum absolute atomic E-state index is 6.13. The van der Waals surface area contributed by atoms with Crippen LogP contribution in [0.3, 0.4) is 0 Å². The molecule has 0 bridgehead atoms. The second-order valence-corrected chi connectivity index (χ2v) is 5.79. The first-order valence-electron chi connectivity index (χ1n) is 6.69. The molecule has 2 rings (SSSR count). The fourth-order valence-corrected chi connectivity index (χ4v) is 3.34. The van der Waals surface area contributed by atoms with Crippen molar-refractivity contribution in [2.75, 3.05) is 32.2 Å². The maximum atomic E-state index is 6.13. The average molecular weight is 246 g/mol. The van der Waals surface area contributed by atoms with Crippen LogP contribution in [-0.2, 0) is 4.74 Å². The van der Waals surface area contributed by atoms with Gasteiger partial charge in [-0.1, -0.05) is 12.8 Å². The summed E-state index contributed by atoms with van der Waals surface area (Å²) in [6.07, 6.45) is 7.81. The van der Waals surface area contributed by atoms with Gasteiger partial charge < -0.3 is 10.1 Å². The van der Waals surface area contributed by atoms with Crippen molar-refractivity contribution >= 4 is 11.6 Å². The van der Waals surface area contributed by atoms with E-state index in [1.165, 1.54) is 38.5 Å². The van der Waals surface area contributed by atoms with Gasteiger partial charge in [-0.2, -0.15) is 0 Å². The Morgan fingerprint density at radius 2 is 1.88 bits per heavy atom. The summed E-state index contributed by atoms with van der Waals surface area (Å²) in [4.78, 5) is 0. The summed E-state index contributed by atoms with van der Waals surface area (Å²) in [6.45, 7) is 4.18. The minimum atomic E-state index is 0.409. The number of nitrogens with one attached hydrogen (secondary N) is 1. The molecule has 3 heteroatoms. The van der Waals surface area contributed by atoms with E-state index in [1.54, 1.807) is 0 Å². The Morgan fingerprint density at radius 1 is 1.19 bits per heavy atom. The average Bonchev–Trinajstić information content (AvgIpc) is 2.80. The standard InChI is InChI=1S/C13H24ClNO/c14-10-13(5-1-2-6-13)11-15-9-12-3-7-16-8-4-12/h12,15H,1-11H2. The first-order chi connectivity index (χ1) is 7.85. The van der Waals surface area contributed by atoms with Crippen LogP contribution in [0, 0.1) is 11.3 Å². The maximum Gasteiger partial charge on any atom is 0.0469 e. The summed E-state index contributed by atoms with van der Waals surface area (Å²) in [7, 11) is 0. The molecule has 0 amide bonds. The van der Waals surface area contributed by atoms with E-state index in [1.807, 2.05) is 0 Å². The molecule has 0 aromatic rings. The number of rotatable bonds is 5. The van der Waals surface area contributed by atoms with Gasteiger partial charge in [0.25, 0.3) is 0 Å². The molecule has 0 radical (unpaired) electrons. The Bertz CT molecular complexity index is 198. The molecule has 0 aromatic heterocycles. The lowest BCUT2D eigenvalue weighted by molar-refractivity contribution is 0.0655. The molecule has 0 unspecified atom stereocenters. The van der Waals surface area contributed by atoms with E-state index in [-0.39, 0.29) is 0 Å². The minimum absolute atomic E-state index is 0.409. The van der Waals surface area contributed by atoms with Crippen LogP contribution in [0.25, 0.3) is 0 Å². The zero-order chi connectivity index (χ0) is 11.3. The van der Waals surface area contributed by atoms with Gasteiger partial charge in [-0.05, 0) is 43.6 Å². The van der Waals surface area contributed by atoms with Crippen molar-refractivity contribution in [2.24, 2.45) is 11.3 Å². The minimum Gasteiger partial charge on any atom is -0.381 e. The Kier molecular flexibility index (Phi) is 4.93. The molecular formula is C13H24ClNO. The molecule has 1 N–H and O–H groups in total. The van der Waals surface area contributed by atoms with Gasteiger partial charge in [-0.3, -0.25) is 0 Å². The molecule has 2 fully saturated rings. The summed E-state index contributed by atoms with van der Waals surface area (Å²) >= 11 is 6.13. The second-order valence-electron chi connectivity index (χ2n) is 5.53. The first-order valence-corrected chi connectivity index (χ1v) is 7.23. The van der Waals surface area contributed by atoms with Crippen molar-refractivity contribution in [3.8, 4) is 0 Å². The van der Waals surface area contributed by atoms with Gasteiger partial charge in [0.2, 0.25) is 0 Å². The van der Waals surface area contributed by atoms with E-state index in [9.17, 15) is 0 Å². The summed E-state index contributed by atoms with van der Waals surface area (Å²) in [5.41, 5.74) is 0.409. The number of alkyl halides is 1. The lowest BCUT2D eigenvalue weighted by Crippen LogP contribution is -2.37. The van der Waals surface area contributed by atoms with E-state index < -0.39 is 0 Å². The van der Waals surface area contributed by atoms with Crippen LogP contribution in [0.2, 0.25) is 0 Å². The summed E-state index contributed by atoms with van der Waals surface area (Å²) in [5, 5.41) is 3.65. The molecule has 0 aromatic carbocycles. The fraction of sp³-hybridized carbons (Fsp3) is 1.00. The van der Waals surface area contributed by atoms with Crippen LogP contribution in [0.5, 0.6) is 0 Å². The van der Waals surface area contributed by atoms with E-state index >= 15 is 0 Å². The smallest absolute Gasteiger partial charge is 0.0469 e. The highest BCUT2D eigenvalue weighted by molar-refractivity contribution is 6.18. The highest BCUT2D eigenvalue weighted by atomic mass is 35.5. The van der Waals surface area contributed by atoms with E-state index in [2.05, 4.69) is 5.32 Å². The Hall–Kier alpha value is 0.210. The quantitative estimate of drug-likeness (QED) is 0.753. The molecule has 1 aliphatic carbocycles. The van der Waals surface area contributed by atoms with E-state index in [0.717, 1.165) is 38.1 Å². The van der Waals surface area contributed by atoms with Gasteiger partial charge in [0.05, 0.1) is 0 Å². The zero-order valence-electron chi connectivity index (χ0n) is 10.1. The molecule has 1 heterocycles. The predicted octanol–water partition coefficient (Wildman–Crippen LogP) is 2.80. The molecule has 0 spiro atoms. The summed E-state index contributed by atoms with van der Waals surface area (Å²) in [6, 6.07) is 0. The van der Waals surface area contributed by atoms with Crippen LogP contribution >= 0.6 is 11.6 Å². The monoisotopic (exact) mass is 245 g/mol. The lowest BCUT2D eigenvalue weighted by Gasteiger charge is -2.29. The Morgan fingerprint density at radius 3 is 2.50 bits per heavy atom. The molecular weight excluding hydrogens is 222 g/mol. The molecule has 2 nitrogen and oxygen atoms in total.